The SMILES string of the molecule is CC(C)Cc1c[nH]c2cc(I)ccc12. The zero-order chi connectivity index (χ0) is 10.1. The summed E-state index contributed by atoms with van der Waals surface area (Å²) in [4.78, 5) is 3.33. The zero-order valence-electron chi connectivity index (χ0n) is 8.47. The third kappa shape index (κ3) is 1.95. The summed E-state index contributed by atoms with van der Waals surface area (Å²) in [5, 5.41) is 1.37. The Labute approximate surface area is 98.0 Å². The third-order valence-corrected chi connectivity index (χ3v) is 3.03. The summed E-state index contributed by atoms with van der Waals surface area (Å²) in [6.07, 6.45) is 3.29. The van der Waals surface area contributed by atoms with Crippen molar-refractivity contribution in [1.29, 1.82) is 0 Å². The Bertz CT molecular complexity index is 443. The molecule has 0 saturated heterocycles. The number of aromatic amines is 1. The summed E-state index contributed by atoms with van der Waals surface area (Å²) in [6.45, 7) is 4.51. The Morgan fingerprint density at radius 3 is 2.86 bits per heavy atom. The highest BCUT2D eigenvalue weighted by atomic mass is 127. The van der Waals surface area contributed by atoms with Crippen LogP contribution in [-0.2, 0) is 6.42 Å². The molecule has 0 radical (unpaired) electrons. The Kier molecular flexibility index (Phi) is 2.81. The van der Waals surface area contributed by atoms with Crippen molar-refractivity contribution in [2.45, 2.75) is 20.3 Å². The molecule has 1 N–H and O–H groups in total. The van der Waals surface area contributed by atoms with Crippen molar-refractivity contribution in [3.05, 3.63) is 33.5 Å². The first-order valence-electron chi connectivity index (χ1n) is 4.92. The maximum atomic E-state index is 3.33. The predicted molar refractivity (Wildman–Crippen MR) is 69.6 cm³/mol. The number of aromatic nitrogens is 1. The Morgan fingerprint density at radius 2 is 2.14 bits per heavy atom. The number of benzene rings is 1. The van der Waals surface area contributed by atoms with E-state index in [0.29, 0.717) is 5.92 Å². The smallest absolute Gasteiger partial charge is 0.0467 e. The van der Waals surface area contributed by atoms with E-state index in [2.05, 4.69) is 65.8 Å². The van der Waals surface area contributed by atoms with Gasteiger partial charge >= 0.3 is 0 Å². The first-order chi connectivity index (χ1) is 6.66. The molecule has 0 bridgehead atoms. The van der Waals surface area contributed by atoms with Gasteiger partial charge in [-0.2, -0.15) is 0 Å². The van der Waals surface area contributed by atoms with Crippen LogP contribution in [0.2, 0.25) is 0 Å². The van der Waals surface area contributed by atoms with Crippen molar-refractivity contribution in [2.75, 3.05) is 0 Å². The molecule has 14 heavy (non-hydrogen) atoms. The predicted octanol–water partition coefficient (Wildman–Crippen LogP) is 3.97. The third-order valence-electron chi connectivity index (χ3n) is 2.36. The van der Waals surface area contributed by atoms with Gasteiger partial charge in [0.15, 0.2) is 0 Å². The molecule has 2 aromatic rings. The number of hydrogen-bond donors (Lipinski definition) is 1. The van der Waals surface area contributed by atoms with Gasteiger partial charge in [-0.05, 0) is 52.6 Å². The average molecular weight is 299 g/mol. The second kappa shape index (κ2) is 3.93. The second-order valence-corrected chi connectivity index (χ2v) is 5.35. The molecule has 0 aliphatic rings. The number of rotatable bonds is 2. The molecule has 1 heterocycles. The molecule has 0 atom stereocenters. The van der Waals surface area contributed by atoms with Crippen LogP contribution >= 0.6 is 22.6 Å². The molecule has 0 saturated carbocycles. The topological polar surface area (TPSA) is 15.8 Å². The average Bonchev–Trinajstić information content (AvgIpc) is 2.47. The van der Waals surface area contributed by atoms with Crippen molar-refractivity contribution >= 4 is 33.5 Å². The maximum Gasteiger partial charge on any atom is 0.0467 e. The number of halogens is 1. The molecule has 0 aliphatic heterocycles. The number of hydrogen-bond acceptors (Lipinski definition) is 0. The van der Waals surface area contributed by atoms with Gasteiger partial charge in [-0.3, -0.25) is 0 Å². The Hall–Kier alpha value is -0.510. The number of fused-ring (bicyclic) bond motifs is 1. The lowest BCUT2D eigenvalue weighted by Gasteiger charge is -2.02. The van der Waals surface area contributed by atoms with Crippen LogP contribution in [0.1, 0.15) is 19.4 Å². The molecule has 2 rings (SSSR count). The summed E-state index contributed by atoms with van der Waals surface area (Å²) in [5.74, 6) is 0.716. The van der Waals surface area contributed by atoms with Crippen molar-refractivity contribution < 1.29 is 0 Å². The fraction of sp³-hybridized carbons (Fsp3) is 0.333. The lowest BCUT2D eigenvalue weighted by molar-refractivity contribution is 0.650. The van der Waals surface area contributed by atoms with Crippen molar-refractivity contribution in [2.24, 2.45) is 5.92 Å². The van der Waals surface area contributed by atoms with E-state index >= 15 is 0 Å². The van der Waals surface area contributed by atoms with E-state index in [4.69, 9.17) is 0 Å². The minimum Gasteiger partial charge on any atom is -0.361 e. The first kappa shape index (κ1) is 10.0. The van der Waals surface area contributed by atoms with Gasteiger partial charge in [0.05, 0.1) is 0 Å². The summed E-state index contributed by atoms with van der Waals surface area (Å²) in [7, 11) is 0. The lowest BCUT2D eigenvalue weighted by Crippen LogP contribution is -1.92. The maximum absolute atomic E-state index is 3.33. The van der Waals surface area contributed by atoms with E-state index in [1.54, 1.807) is 0 Å². The second-order valence-electron chi connectivity index (χ2n) is 4.10. The van der Waals surface area contributed by atoms with E-state index in [0.717, 1.165) is 6.42 Å². The van der Waals surface area contributed by atoms with Crippen LogP contribution in [0, 0.1) is 9.49 Å². The summed E-state index contributed by atoms with van der Waals surface area (Å²) in [6, 6.07) is 6.58. The minimum atomic E-state index is 0.716. The van der Waals surface area contributed by atoms with Crippen LogP contribution in [0.25, 0.3) is 10.9 Å². The number of nitrogens with one attached hydrogen (secondary N) is 1. The highest BCUT2D eigenvalue weighted by molar-refractivity contribution is 14.1. The number of H-pyrrole nitrogens is 1. The van der Waals surface area contributed by atoms with Crippen molar-refractivity contribution in [1.82, 2.24) is 4.98 Å². The molecule has 74 valence electrons. The molecule has 1 aromatic heterocycles. The van der Waals surface area contributed by atoms with Gasteiger partial charge in [0.2, 0.25) is 0 Å². The minimum absolute atomic E-state index is 0.716. The molecule has 0 spiro atoms. The van der Waals surface area contributed by atoms with E-state index in [-0.39, 0.29) is 0 Å². The van der Waals surface area contributed by atoms with Crippen LogP contribution in [0.3, 0.4) is 0 Å². The van der Waals surface area contributed by atoms with E-state index < -0.39 is 0 Å². The monoisotopic (exact) mass is 299 g/mol. The fourth-order valence-corrected chi connectivity index (χ4v) is 2.26. The highest BCUT2D eigenvalue weighted by Gasteiger charge is 2.05. The van der Waals surface area contributed by atoms with E-state index in [1.807, 2.05) is 0 Å². The van der Waals surface area contributed by atoms with Crippen LogP contribution in [0.4, 0.5) is 0 Å². The van der Waals surface area contributed by atoms with Gasteiger partial charge < -0.3 is 4.98 Å². The van der Waals surface area contributed by atoms with E-state index in [9.17, 15) is 0 Å². The van der Waals surface area contributed by atoms with Crippen molar-refractivity contribution in [3.8, 4) is 0 Å². The fourth-order valence-electron chi connectivity index (χ4n) is 1.77. The van der Waals surface area contributed by atoms with Crippen molar-refractivity contribution in [3.63, 3.8) is 0 Å². The molecule has 1 nitrogen and oxygen atoms in total. The van der Waals surface area contributed by atoms with Crippen LogP contribution in [0.5, 0.6) is 0 Å². The molecule has 0 fully saturated rings. The molecule has 0 unspecified atom stereocenters. The quantitative estimate of drug-likeness (QED) is 0.808. The summed E-state index contributed by atoms with van der Waals surface area (Å²) in [5.41, 5.74) is 2.69. The standard InChI is InChI=1S/C12H14IN/c1-8(2)5-9-7-14-12-6-10(13)3-4-11(9)12/h3-4,6-8,14H,5H2,1-2H3. The van der Waals surface area contributed by atoms with Gasteiger partial charge in [0.25, 0.3) is 0 Å². The van der Waals surface area contributed by atoms with Gasteiger partial charge in [-0.25, -0.2) is 0 Å². The summed E-state index contributed by atoms with van der Waals surface area (Å²) < 4.78 is 1.29. The summed E-state index contributed by atoms with van der Waals surface area (Å²) >= 11 is 2.34. The van der Waals surface area contributed by atoms with Gasteiger partial charge in [0, 0.05) is 20.7 Å². The Balaban J connectivity index is 2.47. The van der Waals surface area contributed by atoms with Crippen LogP contribution in [-0.4, -0.2) is 4.98 Å². The highest BCUT2D eigenvalue weighted by Crippen LogP contribution is 2.22. The van der Waals surface area contributed by atoms with Crippen LogP contribution in [0.15, 0.2) is 24.4 Å². The molecular weight excluding hydrogens is 285 g/mol. The first-order valence-corrected chi connectivity index (χ1v) is 6.00. The molecule has 1 aromatic carbocycles. The largest absolute Gasteiger partial charge is 0.361 e. The molecule has 0 aliphatic carbocycles. The van der Waals surface area contributed by atoms with Gasteiger partial charge in [-0.1, -0.05) is 19.9 Å². The molecule has 2 heteroatoms. The Morgan fingerprint density at radius 1 is 1.36 bits per heavy atom. The zero-order valence-corrected chi connectivity index (χ0v) is 10.6. The van der Waals surface area contributed by atoms with E-state index in [1.165, 1.54) is 20.0 Å². The molecule has 0 amide bonds. The van der Waals surface area contributed by atoms with Gasteiger partial charge in [0.1, 0.15) is 0 Å². The normalized spacial score (nSPS) is 11.4. The van der Waals surface area contributed by atoms with Gasteiger partial charge in [-0.15, -0.1) is 0 Å². The lowest BCUT2D eigenvalue weighted by atomic mass is 10.0. The molecular formula is C12H14IN. The van der Waals surface area contributed by atoms with Crippen LogP contribution < -0.4 is 0 Å².